The monoisotopic (exact) mass is 473 g/mol. The van der Waals surface area contributed by atoms with Gasteiger partial charge in [0.15, 0.2) is 0 Å². The number of halogens is 3. The first-order valence-corrected chi connectivity index (χ1v) is 9.17. The summed E-state index contributed by atoms with van der Waals surface area (Å²) in [7, 11) is 0. The van der Waals surface area contributed by atoms with Gasteiger partial charge in [0.05, 0.1) is 15.2 Å². The van der Waals surface area contributed by atoms with Crippen molar-refractivity contribution in [2.45, 2.75) is 6.61 Å². The molecule has 0 aromatic heterocycles. The fraction of sp³-hybridized carbons (Fsp3) is 0.0455. The normalized spacial score (nSPS) is 11.1. The summed E-state index contributed by atoms with van der Waals surface area (Å²) in [5.41, 5.74) is 2.45. The van der Waals surface area contributed by atoms with Crippen LogP contribution in [0.1, 0.15) is 16.7 Å². The molecule has 0 aliphatic rings. The van der Waals surface area contributed by atoms with Crippen molar-refractivity contribution in [1.29, 1.82) is 5.26 Å². The molecule has 2 nitrogen and oxygen atoms in total. The second-order valence-electron chi connectivity index (χ2n) is 5.79. The van der Waals surface area contributed by atoms with Crippen LogP contribution < -0.4 is 4.74 Å². The van der Waals surface area contributed by atoms with Gasteiger partial charge in [0.25, 0.3) is 0 Å². The lowest BCUT2D eigenvalue weighted by molar-refractivity contribution is 0.303. The predicted octanol–water partition coefficient (Wildman–Crippen LogP) is 6.21. The number of ether oxygens (including phenoxy) is 1. The highest BCUT2D eigenvalue weighted by Gasteiger charge is 2.06. The van der Waals surface area contributed by atoms with Crippen molar-refractivity contribution in [3.05, 3.63) is 98.6 Å². The molecular weight excluding hydrogens is 459 g/mol. The van der Waals surface area contributed by atoms with E-state index in [2.05, 4.69) is 28.7 Å². The lowest BCUT2D eigenvalue weighted by Gasteiger charge is -2.09. The molecule has 0 aliphatic heterocycles. The molecule has 3 rings (SSSR count). The number of nitriles is 1. The molecule has 134 valence electrons. The number of benzene rings is 3. The SMILES string of the molecule is N#C/C(=C/c1ccc(OCc2cccc(F)c2)c(I)c1)c1cccc(F)c1. The average molecular weight is 473 g/mol. The maximum absolute atomic E-state index is 13.4. The number of hydrogen-bond acceptors (Lipinski definition) is 2. The van der Waals surface area contributed by atoms with Crippen molar-refractivity contribution in [3.63, 3.8) is 0 Å². The Morgan fingerprint density at radius 3 is 2.41 bits per heavy atom. The molecule has 0 radical (unpaired) electrons. The zero-order valence-electron chi connectivity index (χ0n) is 14.1. The lowest BCUT2D eigenvalue weighted by atomic mass is 10.0. The molecular formula is C22H14F2INO. The van der Waals surface area contributed by atoms with Gasteiger partial charge in [-0.25, -0.2) is 8.78 Å². The van der Waals surface area contributed by atoms with Crippen LogP contribution in [0.5, 0.6) is 5.75 Å². The smallest absolute Gasteiger partial charge is 0.133 e. The Bertz CT molecular complexity index is 1040. The highest BCUT2D eigenvalue weighted by atomic mass is 127. The predicted molar refractivity (Wildman–Crippen MR) is 110 cm³/mol. The van der Waals surface area contributed by atoms with Gasteiger partial charge in [-0.2, -0.15) is 5.26 Å². The van der Waals surface area contributed by atoms with Crippen molar-refractivity contribution in [2.75, 3.05) is 0 Å². The highest BCUT2D eigenvalue weighted by Crippen LogP contribution is 2.26. The van der Waals surface area contributed by atoms with E-state index >= 15 is 0 Å². The molecule has 0 bridgehead atoms. The van der Waals surface area contributed by atoms with Crippen LogP contribution in [-0.4, -0.2) is 0 Å². The number of nitrogens with zero attached hydrogens (tertiary/aromatic N) is 1. The molecule has 0 unspecified atom stereocenters. The summed E-state index contributed by atoms with van der Waals surface area (Å²) in [6.07, 6.45) is 1.70. The van der Waals surface area contributed by atoms with Crippen LogP contribution in [0, 0.1) is 26.5 Å². The molecule has 0 spiro atoms. The summed E-state index contributed by atoms with van der Waals surface area (Å²) in [6, 6.07) is 19.8. The summed E-state index contributed by atoms with van der Waals surface area (Å²) >= 11 is 2.14. The van der Waals surface area contributed by atoms with Crippen LogP contribution in [0.3, 0.4) is 0 Å². The summed E-state index contributed by atoms with van der Waals surface area (Å²) in [5, 5.41) is 9.39. The molecule has 0 atom stereocenters. The Morgan fingerprint density at radius 1 is 1.00 bits per heavy atom. The summed E-state index contributed by atoms with van der Waals surface area (Å²) in [6.45, 7) is 0.260. The Balaban J connectivity index is 1.78. The lowest BCUT2D eigenvalue weighted by Crippen LogP contribution is -1.97. The third-order valence-corrected chi connectivity index (χ3v) is 4.65. The van der Waals surface area contributed by atoms with E-state index in [1.807, 2.05) is 12.1 Å². The minimum atomic E-state index is -0.385. The second-order valence-corrected chi connectivity index (χ2v) is 6.95. The average Bonchev–Trinajstić information content (AvgIpc) is 2.65. The highest BCUT2D eigenvalue weighted by molar-refractivity contribution is 14.1. The summed E-state index contributed by atoms with van der Waals surface area (Å²) in [5.74, 6) is -0.0155. The molecule has 27 heavy (non-hydrogen) atoms. The molecule has 5 heteroatoms. The van der Waals surface area contributed by atoms with Gasteiger partial charge in [-0.3, -0.25) is 0 Å². The van der Waals surface area contributed by atoms with Crippen molar-refractivity contribution >= 4 is 34.2 Å². The van der Waals surface area contributed by atoms with Gasteiger partial charge >= 0.3 is 0 Å². The first kappa shape index (κ1) is 19.1. The van der Waals surface area contributed by atoms with Gasteiger partial charge in [-0.15, -0.1) is 0 Å². The number of allylic oxidation sites excluding steroid dienone is 1. The molecule has 0 saturated heterocycles. The number of hydrogen-bond donors (Lipinski definition) is 0. The van der Waals surface area contributed by atoms with Gasteiger partial charge < -0.3 is 4.74 Å². The van der Waals surface area contributed by atoms with Crippen LogP contribution >= 0.6 is 22.6 Å². The quantitative estimate of drug-likeness (QED) is 0.251. The fourth-order valence-corrected chi connectivity index (χ4v) is 3.21. The van der Waals surface area contributed by atoms with Crippen LogP contribution in [0.2, 0.25) is 0 Å². The van der Waals surface area contributed by atoms with E-state index in [4.69, 9.17) is 4.74 Å². The van der Waals surface area contributed by atoms with Gasteiger partial charge in [0.2, 0.25) is 0 Å². The molecule has 0 N–H and O–H groups in total. The van der Waals surface area contributed by atoms with Crippen LogP contribution in [0.15, 0.2) is 66.7 Å². The molecule has 0 heterocycles. The third-order valence-electron chi connectivity index (χ3n) is 3.81. The van der Waals surface area contributed by atoms with Gasteiger partial charge in [0.1, 0.15) is 24.0 Å². The van der Waals surface area contributed by atoms with E-state index in [1.54, 1.807) is 36.4 Å². The first-order chi connectivity index (χ1) is 13.0. The van der Waals surface area contributed by atoms with Crippen molar-refractivity contribution < 1.29 is 13.5 Å². The minimum Gasteiger partial charge on any atom is -0.488 e. The summed E-state index contributed by atoms with van der Waals surface area (Å²) in [4.78, 5) is 0. The van der Waals surface area contributed by atoms with Gasteiger partial charge in [0, 0.05) is 0 Å². The standard InChI is InChI=1S/C22H14F2INO/c23-19-5-1-3-16(10-19)14-27-22-8-7-15(11-21(22)25)9-18(13-26)17-4-2-6-20(24)12-17/h1-12H,14H2/b18-9-. The van der Waals surface area contributed by atoms with E-state index in [1.165, 1.54) is 24.3 Å². The minimum absolute atomic E-state index is 0.260. The molecule has 0 saturated carbocycles. The third kappa shape index (κ3) is 5.14. The second kappa shape index (κ2) is 8.78. The van der Waals surface area contributed by atoms with Crippen molar-refractivity contribution in [3.8, 4) is 11.8 Å². The van der Waals surface area contributed by atoms with Crippen molar-refractivity contribution in [2.24, 2.45) is 0 Å². The summed E-state index contributed by atoms with van der Waals surface area (Å²) < 4.78 is 33.2. The Kier molecular flexibility index (Phi) is 6.20. The van der Waals surface area contributed by atoms with Gasteiger partial charge in [-0.05, 0) is 81.8 Å². The molecule has 0 aliphatic carbocycles. The van der Waals surface area contributed by atoms with Crippen LogP contribution in [0.4, 0.5) is 8.78 Å². The zero-order chi connectivity index (χ0) is 19.2. The molecule has 3 aromatic rings. The Labute approximate surface area is 169 Å². The molecule has 0 amide bonds. The van der Waals surface area contributed by atoms with E-state index in [9.17, 15) is 14.0 Å². The first-order valence-electron chi connectivity index (χ1n) is 8.10. The number of rotatable bonds is 5. The molecule has 3 aromatic carbocycles. The van der Waals surface area contributed by atoms with Gasteiger partial charge in [-0.1, -0.05) is 30.3 Å². The zero-order valence-corrected chi connectivity index (χ0v) is 16.3. The van der Waals surface area contributed by atoms with Crippen molar-refractivity contribution in [1.82, 2.24) is 0 Å². The van der Waals surface area contributed by atoms with E-state index in [0.29, 0.717) is 16.9 Å². The molecule has 0 fully saturated rings. The van der Waals surface area contributed by atoms with E-state index < -0.39 is 0 Å². The van der Waals surface area contributed by atoms with Crippen LogP contribution in [0.25, 0.3) is 11.6 Å². The van der Waals surface area contributed by atoms with E-state index in [0.717, 1.165) is 14.7 Å². The largest absolute Gasteiger partial charge is 0.488 e. The topological polar surface area (TPSA) is 33.0 Å². The Hall–Kier alpha value is -2.72. The van der Waals surface area contributed by atoms with Crippen LogP contribution in [-0.2, 0) is 6.61 Å². The van der Waals surface area contributed by atoms with E-state index in [-0.39, 0.29) is 18.2 Å². The fourth-order valence-electron chi connectivity index (χ4n) is 2.51. The maximum atomic E-state index is 13.4. The maximum Gasteiger partial charge on any atom is 0.133 e. The Morgan fingerprint density at radius 2 is 1.74 bits per heavy atom.